The van der Waals surface area contributed by atoms with Gasteiger partial charge in [-0.2, -0.15) is 0 Å². The Morgan fingerprint density at radius 2 is 2.00 bits per heavy atom. The van der Waals surface area contributed by atoms with Crippen molar-refractivity contribution in [2.75, 3.05) is 36.9 Å². The Morgan fingerprint density at radius 1 is 1.22 bits per heavy atom. The van der Waals surface area contributed by atoms with E-state index in [0.717, 1.165) is 31.8 Å². The van der Waals surface area contributed by atoms with Gasteiger partial charge in [-0.3, -0.25) is 0 Å². The molecule has 18 heavy (non-hydrogen) atoms. The monoisotopic (exact) mass is 271 g/mol. The summed E-state index contributed by atoms with van der Waals surface area (Å²) in [5.74, 6) is 0. The van der Waals surface area contributed by atoms with Crippen molar-refractivity contribution in [2.24, 2.45) is 5.14 Å². The molecule has 1 saturated heterocycles. The summed E-state index contributed by atoms with van der Waals surface area (Å²) in [6, 6.07) is 4.57. The van der Waals surface area contributed by atoms with Gasteiger partial charge in [0.25, 0.3) is 0 Å². The number of rotatable bonds is 2. The maximum atomic E-state index is 11.2. The summed E-state index contributed by atoms with van der Waals surface area (Å²) in [6.07, 6.45) is 0.927. The molecule has 0 aromatic heterocycles. The Hall–Kier alpha value is -1.31. The molecule has 4 N–H and O–H groups in total. The fourth-order valence-corrected chi connectivity index (χ4v) is 2.53. The van der Waals surface area contributed by atoms with E-state index in [4.69, 9.17) is 15.6 Å². The molecule has 0 radical (unpaired) electrons. The molecule has 1 heterocycles. The largest absolute Gasteiger partial charge is 0.397 e. The highest BCUT2D eigenvalue weighted by Crippen LogP contribution is 2.26. The normalized spacial score (nSPS) is 17.5. The summed E-state index contributed by atoms with van der Waals surface area (Å²) < 4.78 is 27.8. The average molecular weight is 271 g/mol. The van der Waals surface area contributed by atoms with Crippen LogP contribution in [0.1, 0.15) is 6.42 Å². The first-order chi connectivity index (χ1) is 8.48. The number of nitrogen functional groups attached to an aromatic ring is 1. The van der Waals surface area contributed by atoms with Gasteiger partial charge in [-0.25, -0.2) is 13.6 Å². The molecule has 0 unspecified atom stereocenters. The molecule has 0 bridgehead atoms. The summed E-state index contributed by atoms with van der Waals surface area (Å²) in [4.78, 5) is 2.13. The summed E-state index contributed by atoms with van der Waals surface area (Å²) in [5.41, 5.74) is 7.14. The molecule has 6 nitrogen and oxygen atoms in total. The number of anilines is 2. The first-order valence-corrected chi connectivity index (χ1v) is 7.28. The minimum absolute atomic E-state index is 0.0369. The third kappa shape index (κ3) is 2.92. The van der Waals surface area contributed by atoms with E-state index < -0.39 is 10.0 Å². The van der Waals surface area contributed by atoms with E-state index in [-0.39, 0.29) is 4.90 Å². The fourth-order valence-electron chi connectivity index (χ4n) is 1.98. The van der Waals surface area contributed by atoms with Gasteiger partial charge in [-0.05, 0) is 24.6 Å². The van der Waals surface area contributed by atoms with Crippen LogP contribution in [-0.4, -0.2) is 34.7 Å². The number of nitrogens with two attached hydrogens (primary N) is 2. The molecule has 1 aromatic rings. The fraction of sp³-hybridized carbons (Fsp3) is 0.455. The lowest BCUT2D eigenvalue weighted by atomic mass is 10.2. The Balaban J connectivity index is 2.29. The van der Waals surface area contributed by atoms with E-state index in [1.165, 1.54) is 12.1 Å². The number of ether oxygens (including phenoxy) is 1. The molecule has 0 amide bonds. The van der Waals surface area contributed by atoms with Gasteiger partial charge in [0.1, 0.15) is 0 Å². The SMILES string of the molecule is Nc1cc(S(N)(=O)=O)ccc1N1CCCOCC1. The number of hydrogen-bond donors (Lipinski definition) is 2. The van der Waals surface area contributed by atoms with Crippen LogP contribution in [0.15, 0.2) is 23.1 Å². The number of primary sulfonamides is 1. The van der Waals surface area contributed by atoms with Crippen molar-refractivity contribution in [2.45, 2.75) is 11.3 Å². The van der Waals surface area contributed by atoms with E-state index in [2.05, 4.69) is 4.90 Å². The highest BCUT2D eigenvalue weighted by Gasteiger charge is 2.15. The molecule has 100 valence electrons. The predicted octanol–water partition coefficient (Wildman–Crippen LogP) is 0.143. The van der Waals surface area contributed by atoms with Crippen molar-refractivity contribution in [1.82, 2.24) is 0 Å². The Bertz CT molecular complexity index is 522. The highest BCUT2D eigenvalue weighted by atomic mass is 32.2. The highest BCUT2D eigenvalue weighted by molar-refractivity contribution is 7.89. The van der Waals surface area contributed by atoms with Crippen molar-refractivity contribution in [1.29, 1.82) is 0 Å². The molecular formula is C11H17N3O3S. The molecule has 0 atom stereocenters. The van der Waals surface area contributed by atoms with Crippen molar-refractivity contribution in [3.05, 3.63) is 18.2 Å². The summed E-state index contributed by atoms with van der Waals surface area (Å²) >= 11 is 0. The van der Waals surface area contributed by atoms with E-state index >= 15 is 0 Å². The zero-order valence-corrected chi connectivity index (χ0v) is 10.8. The molecule has 7 heteroatoms. The molecule has 2 rings (SSSR count). The predicted molar refractivity (Wildman–Crippen MR) is 69.9 cm³/mol. The van der Waals surface area contributed by atoms with Crippen LogP contribution < -0.4 is 15.8 Å². The van der Waals surface area contributed by atoms with Gasteiger partial charge in [-0.1, -0.05) is 0 Å². The van der Waals surface area contributed by atoms with Gasteiger partial charge in [0.05, 0.1) is 22.9 Å². The first-order valence-electron chi connectivity index (χ1n) is 5.73. The third-order valence-electron chi connectivity index (χ3n) is 2.89. The van der Waals surface area contributed by atoms with Crippen LogP contribution in [-0.2, 0) is 14.8 Å². The summed E-state index contributed by atoms with van der Waals surface area (Å²) in [5, 5.41) is 5.06. The number of hydrogen-bond acceptors (Lipinski definition) is 5. The average Bonchev–Trinajstić information content (AvgIpc) is 2.56. The number of benzene rings is 1. The van der Waals surface area contributed by atoms with Gasteiger partial charge in [0, 0.05) is 19.7 Å². The van der Waals surface area contributed by atoms with E-state index in [1.54, 1.807) is 6.07 Å². The van der Waals surface area contributed by atoms with E-state index in [9.17, 15) is 8.42 Å². The van der Waals surface area contributed by atoms with Crippen LogP contribution in [0.3, 0.4) is 0 Å². The molecule has 1 fully saturated rings. The number of nitrogens with zero attached hydrogens (tertiary/aromatic N) is 1. The standard InChI is InChI=1S/C11H17N3O3S/c12-10-8-9(18(13,15)16)2-3-11(10)14-4-1-6-17-7-5-14/h2-3,8H,1,4-7,12H2,(H2,13,15,16). The molecular weight excluding hydrogens is 254 g/mol. The van der Waals surface area contributed by atoms with Crippen molar-refractivity contribution in [3.63, 3.8) is 0 Å². The van der Waals surface area contributed by atoms with Crippen LogP contribution in [0.5, 0.6) is 0 Å². The van der Waals surface area contributed by atoms with Gasteiger partial charge in [0.15, 0.2) is 0 Å². The Kier molecular flexibility index (Phi) is 3.74. The quantitative estimate of drug-likeness (QED) is 0.746. The zero-order chi connectivity index (χ0) is 13.2. The van der Waals surface area contributed by atoms with Gasteiger partial charge >= 0.3 is 0 Å². The van der Waals surface area contributed by atoms with E-state index in [0.29, 0.717) is 12.3 Å². The van der Waals surface area contributed by atoms with Crippen molar-refractivity contribution < 1.29 is 13.2 Å². The smallest absolute Gasteiger partial charge is 0.238 e. The molecule has 0 aliphatic carbocycles. The summed E-state index contributed by atoms with van der Waals surface area (Å²) in [7, 11) is -3.70. The van der Waals surface area contributed by atoms with Crippen molar-refractivity contribution >= 4 is 21.4 Å². The van der Waals surface area contributed by atoms with Crippen LogP contribution in [0.2, 0.25) is 0 Å². The second-order valence-corrected chi connectivity index (χ2v) is 5.78. The lowest BCUT2D eigenvalue weighted by Gasteiger charge is -2.23. The minimum atomic E-state index is -3.70. The molecule has 1 aromatic carbocycles. The Labute approximate surface area is 107 Å². The molecule has 1 aliphatic heterocycles. The summed E-state index contributed by atoms with van der Waals surface area (Å²) in [6.45, 7) is 2.99. The second-order valence-electron chi connectivity index (χ2n) is 4.22. The van der Waals surface area contributed by atoms with Gasteiger partial charge in [-0.15, -0.1) is 0 Å². The first kappa shape index (κ1) is 13.1. The van der Waals surface area contributed by atoms with Crippen LogP contribution in [0.4, 0.5) is 11.4 Å². The second kappa shape index (κ2) is 5.13. The lowest BCUT2D eigenvalue weighted by Crippen LogP contribution is -2.27. The topological polar surface area (TPSA) is 98.7 Å². The van der Waals surface area contributed by atoms with Crippen molar-refractivity contribution in [3.8, 4) is 0 Å². The minimum Gasteiger partial charge on any atom is -0.397 e. The van der Waals surface area contributed by atoms with Gasteiger partial charge < -0.3 is 15.4 Å². The maximum absolute atomic E-state index is 11.2. The van der Waals surface area contributed by atoms with E-state index in [1.807, 2.05) is 0 Å². The third-order valence-corrected chi connectivity index (χ3v) is 3.80. The van der Waals surface area contributed by atoms with Crippen LogP contribution in [0, 0.1) is 0 Å². The lowest BCUT2D eigenvalue weighted by molar-refractivity contribution is 0.152. The van der Waals surface area contributed by atoms with Gasteiger partial charge in [0.2, 0.25) is 10.0 Å². The molecule has 1 aliphatic rings. The van der Waals surface area contributed by atoms with Crippen LogP contribution >= 0.6 is 0 Å². The maximum Gasteiger partial charge on any atom is 0.238 e. The Morgan fingerprint density at radius 3 is 2.67 bits per heavy atom. The zero-order valence-electron chi connectivity index (χ0n) is 10.0. The number of sulfonamides is 1. The van der Waals surface area contributed by atoms with Crippen LogP contribution in [0.25, 0.3) is 0 Å². The molecule has 0 spiro atoms. The molecule has 0 saturated carbocycles.